The highest BCUT2D eigenvalue weighted by Crippen LogP contribution is 2.60. The molecule has 0 saturated heterocycles. The van der Waals surface area contributed by atoms with E-state index in [1.807, 2.05) is 36.4 Å². The minimum atomic E-state index is -0.548. The molecule has 10 aromatic rings. The van der Waals surface area contributed by atoms with Crippen molar-refractivity contribution in [1.82, 2.24) is 4.98 Å². The van der Waals surface area contributed by atoms with Crippen molar-refractivity contribution in [2.45, 2.75) is 5.41 Å². The summed E-state index contributed by atoms with van der Waals surface area (Å²) >= 11 is 0. The lowest BCUT2D eigenvalue weighted by Crippen LogP contribution is -2.28. The molecule has 1 aliphatic heterocycles. The number of fused-ring (bicyclic) bond motifs is 5. The van der Waals surface area contributed by atoms with E-state index in [-0.39, 0.29) is 0 Å². The van der Waals surface area contributed by atoms with Crippen LogP contribution in [0.1, 0.15) is 22.3 Å². The third-order valence-electron chi connectivity index (χ3n) is 12.7. The Kier molecular flexibility index (Phi) is 8.84. The molecule has 0 atom stereocenters. The largest absolute Gasteiger partial charge is 0.449 e. The summed E-state index contributed by atoms with van der Waals surface area (Å²) in [6.07, 6.45) is 0. The van der Waals surface area contributed by atoms with Crippen LogP contribution in [0.15, 0.2) is 231 Å². The number of benzene rings is 9. The number of anilines is 1. The molecule has 1 aromatic heterocycles. The van der Waals surface area contributed by atoms with Crippen molar-refractivity contribution in [1.29, 1.82) is 0 Å². The van der Waals surface area contributed by atoms with Gasteiger partial charge in [0.05, 0.1) is 16.8 Å². The van der Waals surface area contributed by atoms with E-state index in [4.69, 9.17) is 20.2 Å². The van der Waals surface area contributed by atoms with Gasteiger partial charge in [0.1, 0.15) is 0 Å². The van der Waals surface area contributed by atoms with Crippen LogP contribution >= 0.6 is 0 Å². The Morgan fingerprint density at radius 1 is 0.328 bits per heavy atom. The van der Waals surface area contributed by atoms with Gasteiger partial charge in [0.2, 0.25) is 0 Å². The second-order valence-corrected chi connectivity index (χ2v) is 16.5. The van der Waals surface area contributed by atoms with Gasteiger partial charge in [-0.05, 0) is 110 Å². The molecule has 1 aliphatic carbocycles. The molecular formula is C60H40N2O2. The highest BCUT2D eigenvalue weighted by molar-refractivity contribution is 5.89. The molecule has 4 heteroatoms. The lowest BCUT2D eigenvalue weighted by Gasteiger charge is -2.34. The molecule has 2 aliphatic rings. The highest BCUT2D eigenvalue weighted by atomic mass is 16.6. The summed E-state index contributed by atoms with van der Waals surface area (Å²) in [5, 5.41) is 0. The van der Waals surface area contributed by atoms with E-state index in [2.05, 4.69) is 194 Å². The molecule has 9 aromatic carbocycles. The standard InChI is InChI=1S/C60H40N2O2/c61-48-24-13-19-44(34-48)42-17-12-18-43(33-42)45-35-54(40-15-4-1-5-16-40)62-55(36-45)41-31-29-39(30-32-41)49-26-14-28-56-59(49)64-58-38-53-51(37-57(58)63-56)50-25-10-11-27-52(50)60(53,46-20-6-2-7-21-46)47-22-8-3-9-23-47/h1-38H,61H2. The fourth-order valence-electron chi connectivity index (χ4n) is 9.78. The van der Waals surface area contributed by atoms with E-state index in [1.165, 1.54) is 27.8 Å². The smallest absolute Gasteiger partial charge is 0.177 e. The van der Waals surface area contributed by atoms with Crippen LogP contribution in [0.3, 0.4) is 0 Å². The molecule has 0 saturated carbocycles. The number of rotatable bonds is 7. The number of hydrogen-bond donors (Lipinski definition) is 1. The predicted octanol–water partition coefficient (Wildman–Crippen LogP) is 15.3. The molecule has 0 spiro atoms. The number of aromatic nitrogens is 1. The van der Waals surface area contributed by atoms with E-state index in [1.54, 1.807) is 0 Å². The first kappa shape index (κ1) is 37.3. The zero-order chi connectivity index (χ0) is 42.6. The summed E-state index contributed by atoms with van der Waals surface area (Å²) in [6, 6.07) is 80.8. The van der Waals surface area contributed by atoms with Gasteiger partial charge in [-0.15, -0.1) is 0 Å². The molecule has 2 heterocycles. The molecule has 64 heavy (non-hydrogen) atoms. The Bertz CT molecular complexity index is 3340. The average molecular weight is 821 g/mol. The molecule has 0 radical (unpaired) electrons. The van der Waals surface area contributed by atoms with Crippen LogP contribution in [0.2, 0.25) is 0 Å². The van der Waals surface area contributed by atoms with Crippen LogP contribution < -0.4 is 15.2 Å². The van der Waals surface area contributed by atoms with Crippen molar-refractivity contribution < 1.29 is 9.47 Å². The fourth-order valence-corrected chi connectivity index (χ4v) is 9.78. The van der Waals surface area contributed by atoms with Crippen molar-refractivity contribution in [3.63, 3.8) is 0 Å². The molecule has 0 unspecified atom stereocenters. The summed E-state index contributed by atoms with van der Waals surface area (Å²) in [6.45, 7) is 0. The Morgan fingerprint density at radius 3 is 1.56 bits per heavy atom. The van der Waals surface area contributed by atoms with Crippen molar-refractivity contribution >= 4 is 5.69 Å². The van der Waals surface area contributed by atoms with Gasteiger partial charge >= 0.3 is 0 Å². The summed E-state index contributed by atoms with van der Waals surface area (Å²) < 4.78 is 13.8. The number of pyridine rings is 1. The van der Waals surface area contributed by atoms with Crippen LogP contribution in [0.5, 0.6) is 23.0 Å². The molecule has 12 rings (SSSR count). The van der Waals surface area contributed by atoms with E-state index in [0.29, 0.717) is 23.0 Å². The molecular weight excluding hydrogens is 781 g/mol. The zero-order valence-corrected chi connectivity index (χ0v) is 34.8. The topological polar surface area (TPSA) is 57.4 Å². The van der Waals surface area contributed by atoms with Crippen LogP contribution in [0.4, 0.5) is 5.69 Å². The Hall–Kier alpha value is -8.47. The van der Waals surface area contributed by atoms with Crippen molar-refractivity contribution in [2.75, 3.05) is 5.73 Å². The van der Waals surface area contributed by atoms with Crippen LogP contribution in [0, 0.1) is 0 Å². The molecule has 0 bridgehead atoms. The maximum Gasteiger partial charge on any atom is 0.177 e. The van der Waals surface area contributed by atoms with Gasteiger partial charge in [-0.1, -0.05) is 182 Å². The fraction of sp³-hybridized carbons (Fsp3) is 0.0167. The molecule has 302 valence electrons. The van der Waals surface area contributed by atoms with Crippen LogP contribution in [0.25, 0.3) is 67.0 Å². The summed E-state index contributed by atoms with van der Waals surface area (Å²) in [5.74, 6) is 2.76. The Balaban J connectivity index is 0.926. The minimum Gasteiger partial charge on any atom is -0.449 e. The average Bonchev–Trinajstić information content (AvgIpc) is 3.65. The number of nitrogen functional groups attached to an aromatic ring is 1. The first-order chi connectivity index (χ1) is 31.6. The number of nitrogens with two attached hydrogens (primary N) is 1. The van der Waals surface area contributed by atoms with Gasteiger partial charge < -0.3 is 15.2 Å². The van der Waals surface area contributed by atoms with Gasteiger partial charge in [0.25, 0.3) is 0 Å². The first-order valence-corrected chi connectivity index (χ1v) is 21.6. The Labute approximate surface area is 372 Å². The first-order valence-electron chi connectivity index (χ1n) is 21.6. The number of hydrogen-bond acceptors (Lipinski definition) is 4. The van der Waals surface area contributed by atoms with Gasteiger partial charge in [-0.3, -0.25) is 0 Å². The van der Waals surface area contributed by atoms with Crippen LogP contribution in [-0.2, 0) is 5.41 Å². The van der Waals surface area contributed by atoms with E-state index in [0.717, 1.165) is 67.1 Å². The third-order valence-corrected chi connectivity index (χ3v) is 12.7. The number of nitrogens with zero attached hydrogens (tertiary/aromatic N) is 1. The molecule has 0 amide bonds. The van der Waals surface area contributed by atoms with E-state index < -0.39 is 5.41 Å². The zero-order valence-electron chi connectivity index (χ0n) is 34.8. The van der Waals surface area contributed by atoms with Crippen molar-refractivity contribution in [3.05, 3.63) is 253 Å². The summed E-state index contributed by atoms with van der Waals surface area (Å²) in [4.78, 5) is 5.23. The van der Waals surface area contributed by atoms with E-state index >= 15 is 0 Å². The van der Waals surface area contributed by atoms with Gasteiger partial charge in [0.15, 0.2) is 23.0 Å². The van der Waals surface area contributed by atoms with Gasteiger partial charge in [0, 0.05) is 22.4 Å². The van der Waals surface area contributed by atoms with Gasteiger partial charge in [-0.25, -0.2) is 4.98 Å². The second kappa shape index (κ2) is 15.2. The quantitative estimate of drug-likeness (QED) is 0.163. The van der Waals surface area contributed by atoms with Crippen LogP contribution in [-0.4, -0.2) is 4.98 Å². The normalized spacial score (nSPS) is 12.8. The summed E-state index contributed by atoms with van der Waals surface area (Å²) in [7, 11) is 0. The van der Waals surface area contributed by atoms with Gasteiger partial charge in [-0.2, -0.15) is 0 Å². The van der Waals surface area contributed by atoms with Crippen molar-refractivity contribution in [3.8, 4) is 90.0 Å². The van der Waals surface area contributed by atoms with Crippen molar-refractivity contribution in [2.24, 2.45) is 0 Å². The number of para-hydroxylation sites is 1. The molecule has 4 nitrogen and oxygen atoms in total. The third kappa shape index (κ3) is 6.19. The molecule has 0 fully saturated rings. The Morgan fingerprint density at radius 2 is 0.859 bits per heavy atom. The summed E-state index contributed by atoms with van der Waals surface area (Å²) in [5.41, 5.74) is 23.7. The predicted molar refractivity (Wildman–Crippen MR) is 260 cm³/mol. The number of ether oxygens (including phenoxy) is 2. The highest BCUT2D eigenvalue weighted by Gasteiger charge is 2.47. The maximum atomic E-state index is 7.00. The monoisotopic (exact) mass is 820 g/mol. The SMILES string of the molecule is Nc1cccc(-c2cccc(-c3cc(-c4ccccc4)nc(-c4ccc(-c5cccc6c5Oc5cc7c(cc5O6)-c5ccccc5C7(c5ccccc5)c5ccccc5)cc4)c3)c2)c1. The lowest BCUT2D eigenvalue weighted by molar-refractivity contribution is 0.360. The minimum absolute atomic E-state index is 0.548. The lowest BCUT2D eigenvalue weighted by atomic mass is 9.67. The molecule has 2 N–H and O–H groups in total. The van der Waals surface area contributed by atoms with E-state index in [9.17, 15) is 0 Å². The maximum absolute atomic E-state index is 7.00. The second-order valence-electron chi connectivity index (χ2n) is 16.5.